The SMILES string of the molecule is CCCCCCCCCCCCC/C=C/CC(CO)NC(=O)OC(C)(C)C. The molecule has 27 heavy (non-hydrogen) atoms. The third-order valence-corrected chi connectivity index (χ3v) is 4.50. The number of unbranched alkanes of at least 4 members (excludes halogenated alkanes) is 11. The summed E-state index contributed by atoms with van der Waals surface area (Å²) in [7, 11) is 0. The van der Waals surface area contributed by atoms with Gasteiger partial charge < -0.3 is 15.2 Å². The largest absolute Gasteiger partial charge is 0.444 e. The molecule has 1 amide bonds. The van der Waals surface area contributed by atoms with Gasteiger partial charge in [0.15, 0.2) is 0 Å². The number of aliphatic hydroxyl groups is 1. The zero-order valence-electron chi connectivity index (χ0n) is 18.4. The molecule has 0 aromatic carbocycles. The maximum atomic E-state index is 11.7. The quantitative estimate of drug-likeness (QED) is 0.236. The van der Waals surface area contributed by atoms with Gasteiger partial charge in [-0.1, -0.05) is 83.3 Å². The smallest absolute Gasteiger partial charge is 0.407 e. The highest BCUT2D eigenvalue weighted by molar-refractivity contribution is 5.68. The molecule has 0 saturated carbocycles. The number of carbonyl (C=O) groups excluding carboxylic acids is 1. The number of carbonyl (C=O) groups is 1. The maximum absolute atomic E-state index is 11.7. The van der Waals surface area contributed by atoms with Crippen LogP contribution in [0.5, 0.6) is 0 Å². The van der Waals surface area contributed by atoms with Gasteiger partial charge in [0, 0.05) is 0 Å². The standard InChI is InChI=1S/C23H45NO3/c1-5-6-7-8-9-10-11-12-13-14-15-16-17-18-19-21(20-25)24-22(26)27-23(2,3)4/h17-18,21,25H,5-16,19-20H2,1-4H3,(H,24,26)/b18-17+. The van der Waals surface area contributed by atoms with Gasteiger partial charge in [-0.05, 0) is 40.0 Å². The zero-order valence-corrected chi connectivity index (χ0v) is 18.4. The fourth-order valence-electron chi connectivity index (χ4n) is 2.96. The van der Waals surface area contributed by atoms with Crippen LogP contribution in [-0.2, 0) is 4.74 Å². The summed E-state index contributed by atoms with van der Waals surface area (Å²) in [6.45, 7) is 7.67. The van der Waals surface area contributed by atoms with E-state index in [-0.39, 0.29) is 12.6 Å². The fourth-order valence-corrected chi connectivity index (χ4v) is 2.96. The van der Waals surface area contributed by atoms with E-state index in [1.807, 2.05) is 20.8 Å². The Morgan fingerprint density at radius 2 is 1.44 bits per heavy atom. The van der Waals surface area contributed by atoms with E-state index in [2.05, 4.69) is 24.4 Å². The lowest BCUT2D eigenvalue weighted by Gasteiger charge is -2.22. The first kappa shape index (κ1) is 26.0. The van der Waals surface area contributed by atoms with Crippen molar-refractivity contribution in [1.82, 2.24) is 5.32 Å². The van der Waals surface area contributed by atoms with Crippen molar-refractivity contribution < 1.29 is 14.6 Å². The van der Waals surface area contributed by atoms with Crippen molar-refractivity contribution in [2.75, 3.05) is 6.61 Å². The van der Waals surface area contributed by atoms with Crippen LogP contribution in [0.25, 0.3) is 0 Å². The first-order valence-electron chi connectivity index (χ1n) is 11.1. The summed E-state index contributed by atoms with van der Waals surface area (Å²) >= 11 is 0. The predicted molar refractivity (Wildman–Crippen MR) is 115 cm³/mol. The highest BCUT2D eigenvalue weighted by atomic mass is 16.6. The first-order valence-corrected chi connectivity index (χ1v) is 11.1. The number of alkyl carbamates (subject to hydrolysis) is 1. The van der Waals surface area contributed by atoms with E-state index in [9.17, 15) is 9.90 Å². The molecule has 1 unspecified atom stereocenters. The number of allylic oxidation sites excluding steroid dienone is 1. The van der Waals surface area contributed by atoms with Crippen LogP contribution in [-0.4, -0.2) is 29.4 Å². The topological polar surface area (TPSA) is 58.6 Å². The minimum absolute atomic E-state index is 0.0813. The molecule has 0 aromatic rings. The second kappa shape index (κ2) is 17.1. The van der Waals surface area contributed by atoms with Crippen LogP contribution in [0.2, 0.25) is 0 Å². The lowest BCUT2D eigenvalue weighted by Crippen LogP contribution is -2.40. The second-order valence-corrected chi connectivity index (χ2v) is 8.56. The molecule has 0 aliphatic carbocycles. The molecule has 160 valence electrons. The Kier molecular flexibility index (Phi) is 16.4. The summed E-state index contributed by atoms with van der Waals surface area (Å²) in [5.41, 5.74) is -0.519. The molecule has 0 saturated heterocycles. The van der Waals surface area contributed by atoms with Gasteiger partial charge >= 0.3 is 6.09 Å². The molecule has 0 bridgehead atoms. The fraction of sp³-hybridized carbons (Fsp3) is 0.870. The van der Waals surface area contributed by atoms with Crippen molar-refractivity contribution in [1.29, 1.82) is 0 Å². The van der Waals surface area contributed by atoms with E-state index in [1.54, 1.807) is 0 Å². The van der Waals surface area contributed by atoms with Crippen LogP contribution < -0.4 is 5.32 Å². The van der Waals surface area contributed by atoms with E-state index < -0.39 is 11.7 Å². The first-order chi connectivity index (χ1) is 12.9. The van der Waals surface area contributed by atoms with E-state index >= 15 is 0 Å². The molecular weight excluding hydrogens is 338 g/mol. The number of aliphatic hydroxyl groups excluding tert-OH is 1. The second-order valence-electron chi connectivity index (χ2n) is 8.56. The Labute approximate surface area is 168 Å². The maximum Gasteiger partial charge on any atom is 0.407 e. The Bertz CT molecular complexity index is 374. The van der Waals surface area contributed by atoms with Gasteiger partial charge in [0.05, 0.1) is 12.6 Å². The molecule has 2 N–H and O–H groups in total. The Morgan fingerprint density at radius 1 is 0.926 bits per heavy atom. The van der Waals surface area contributed by atoms with Gasteiger partial charge in [-0.15, -0.1) is 0 Å². The van der Waals surface area contributed by atoms with Gasteiger partial charge in [0.1, 0.15) is 5.60 Å². The number of ether oxygens (including phenoxy) is 1. The Hall–Kier alpha value is -1.03. The summed E-state index contributed by atoms with van der Waals surface area (Å²) in [5, 5.41) is 12.1. The van der Waals surface area contributed by atoms with Crippen LogP contribution in [0.4, 0.5) is 4.79 Å². The highest BCUT2D eigenvalue weighted by Crippen LogP contribution is 2.12. The molecule has 4 nitrogen and oxygen atoms in total. The summed E-state index contributed by atoms with van der Waals surface area (Å²) in [4.78, 5) is 11.7. The van der Waals surface area contributed by atoms with Crippen LogP contribution in [0.15, 0.2) is 12.2 Å². The monoisotopic (exact) mass is 383 g/mol. The van der Waals surface area contributed by atoms with E-state index in [0.29, 0.717) is 6.42 Å². The molecule has 0 rings (SSSR count). The third kappa shape index (κ3) is 19.5. The molecule has 0 heterocycles. The van der Waals surface area contributed by atoms with Crippen molar-refractivity contribution in [2.45, 2.75) is 123 Å². The Balaban J connectivity index is 3.55. The van der Waals surface area contributed by atoms with Crippen molar-refractivity contribution >= 4 is 6.09 Å². The molecule has 0 spiro atoms. The number of nitrogens with one attached hydrogen (secondary N) is 1. The molecule has 1 atom stereocenters. The van der Waals surface area contributed by atoms with Crippen molar-refractivity contribution in [3.8, 4) is 0 Å². The minimum atomic E-state index is -0.519. The predicted octanol–water partition coefficient (Wildman–Crippen LogP) is 6.52. The number of rotatable bonds is 16. The summed E-state index contributed by atoms with van der Waals surface area (Å²) in [6.07, 6.45) is 20.4. The van der Waals surface area contributed by atoms with Crippen LogP contribution in [0.1, 0.15) is 111 Å². The Morgan fingerprint density at radius 3 is 1.93 bits per heavy atom. The summed E-state index contributed by atoms with van der Waals surface area (Å²) < 4.78 is 5.21. The van der Waals surface area contributed by atoms with Gasteiger partial charge in [0.25, 0.3) is 0 Å². The number of hydrogen-bond acceptors (Lipinski definition) is 3. The molecule has 0 aliphatic heterocycles. The van der Waals surface area contributed by atoms with Gasteiger partial charge in [-0.2, -0.15) is 0 Å². The van der Waals surface area contributed by atoms with Gasteiger partial charge in [-0.25, -0.2) is 4.79 Å². The van der Waals surface area contributed by atoms with E-state index in [0.717, 1.165) is 6.42 Å². The average molecular weight is 384 g/mol. The van der Waals surface area contributed by atoms with Crippen molar-refractivity contribution in [3.63, 3.8) is 0 Å². The molecule has 0 radical (unpaired) electrons. The zero-order chi connectivity index (χ0) is 20.4. The van der Waals surface area contributed by atoms with Crippen LogP contribution in [0, 0.1) is 0 Å². The number of amides is 1. The summed E-state index contributed by atoms with van der Waals surface area (Å²) in [6, 6.07) is -0.284. The normalized spacial score (nSPS) is 13.1. The molecular formula is C23H45NO3. The van der Waals surface area contributed by atoms with Crippen molar-refractivity contribution in [2.24, 2.45) is 0 Å². The molecule has 0 fully saturated rings. The van der Waals surface area contributed by atoms with Crippen molar-refractivity contribution in [3.05, 3.63) is 12.2 Å². The van der Waals surface area contributed by atoms with Gasteiger partial charge in [0.2, 0.25) is 0 Å². The number of hydrogen-bond donors (Lipinski definition) is 2. The van der Waals surface area contributed by atoms with E-state index in [1.165, 1.54) is 70.6 Å². The third-order valence-electron chi connectivity index (χ3n) is 4.50. The lowest BCUT2D eigenvalue weighted by atomic mass is 10.1. The van der Waals surface area contributed by atoms with Gasteiger partial charge in [-0.3, -0.25) is 0 Å². The molecule has 4 heteroatoms. The summed E-state index contributed by atoms with van der Waals surface area (Å²) in [5.74, 6) is 0. The molecule has 0 aromatic heterocycles. The lowest BCUT2D eigenvalue weighted by molar-refractivity contribution is 0.0483. The van der Waals surface area contributed by atoms with Crippen LogP contribution in [0.3, 0.4) is 0 Å². The minimum Gasteiger partial charge on any atom is -0.444 e. The molecule has 0 aliphatic rings. The highest BCUT2D eigenvalue weighted by Gasteiger charge is 2.18. The van der Waals surface area contributed by atoms with Crippen LogP contribution >= 0.6 is 0 Å². The van der Waals surface area contributed by atoms with E-state index in [4.69, 9.17) is 4.74 Å². The average Bonchev–Trinajstić information content (AvgIpc) is 2.59.